The lowest BCUT2D eigenvalue weighted by Crippen LogP contribution is -2.47. The molecule has 184 valence electrons. The summed E-state index contributed by atoms with van der Waals surface area (Å²) in [4.78, 5) is 47.2. The van der Waals surface area contributed by atoms with Crippen molar-refractivity contribution >= 4 is 35.0 Å². The Labute approximate surface area is 204 Å². The first-order valence-corrected chi connectivity index (χ1v) is 11.7. The number of aromatic nitrogens is 1. The number of pyridine rings is 1. The molecule has 2 fully saturated rings. The van der Waals surface area contributed by atoms with Gasteiger partial charge in [-0.1, -0.05) is 6.58 Å². The molecule has 35 heavy (non-hydrogen) atoms. The molecule has 1 atom stereocenters. The number of nitrogens with two attached hydrogens (primary N) is 1. The average molecular weight is 478 g/mol. The maximum Gasteiger partial charge on any atom is 0.253 e. The second-order valence-corrected chi connectivity index (χ2v) is 8.87. The Kier molecular flexibility index (Phi) is 7.31. The number of benzene rings is 1. The van der Waals surface area contributed by atoms with E-state index in [1.807, 2.05) is 9.80 Å². The Balaban J connectivity index is 1.47. The number of likely N-dealkylation sites (N-methyl/N-ethyl adjacent to an activating group) is 1. The molecule has 0 radical (unpaired) electrons. The molecule has 2 aromatic rings. The number of amides is 3. The largest absolute Gasteiger partial charge is 0.365 e. The van der Waals surface area contributed by atoms with Crippen molar-refractivity contribution in [3.05, 3.63) is 60.2 Å². The number of hydrogen-bond acceptors (Lipinski definition) is 7. The molecule has 3 amide bonds. The van der Waals surface area contributed by atoms with Crippen LogP contribution in [-0.2, 0) is 4.79 Å². The molecule has 10 heteroatoms. The fraction of sp³-hybridized carbons (Fsp3) is 0.360. The molecule has 2 aliphatic heterocycles. The second kappa shape index (κ2) is 10.6. The van der Waals surface area contributed by atoms with Gasteiger partial charge in [-0.2, -0.15) is 0 Å². The lowest BCUT2D eigenvalue weighted by Gasteiger charge is -2.32. The summed E-state index contributed by atoms with van der Waals surface area (Å²) < 4.78 is 0. The van der Waals surface area contributed by atoms with E-state index in [1.165, 1.54) is 6.08 Å². The van der Waals surface area contributed by atoms with Crippen molar-refractivity contribution in [1.82, 2.24) is 20.1 Å². The maximum absolute atomic E-state index is 12.8. The predicted molar refractivity (Wildman–Crippen MR) is 135 cm³/mol. The molecule has 4 rings (SSSR count). The molecule has 0 saturated carbocycles. The van der Waals surface area contributed by atoms with Crippen LogP contribution in [0.3, 0.4) is 0 Å². The van der Waals surface area contributed by atoms with Gasteiger partial charge in [0.15, 0.2) is 0 Å². The van der Waals surface area contributed by atoms with Crippen LogP contribution in [0.2, 0.25) is 0 Å². The smallest absolute Gasteiger partial charge is 0.253 e. The molecule has 1 aromatic heterocycles. The van der Waals surface area contributed by atoms with Crippen LogP contribution in [-0.4, -0.2) is 84.9 Å². The number of carbonyl (C=O) groups excluding carboxylic acids is 3. The standard InChI is InChI=1S/C25H31N7O3/c1-3-22(33)27-19-10-11-32(16-19)21-9-8-20(23(26)34)24(29-21)28-18-6-4-17(5-7-18)25(35)31-14-12-30(2)13-15-31/h3-9,19H,1,10-16H2,2H3,(H2,26,34)(H,27,33)(H,28,29). The van der Waals surface area contributed by atoms with E-state index >= 15 is 0 Å². The van der Waals surface area contributed by atoms with E-state index in [1.54, 1.807) is 36.4 Å². The van der Waals surface area contributed by atoms with Crippen LogP contribution in [0.4, 0.5) is 17.3 Å². The van der Waals surface area contributed by atoms with Gasteiger partial charge in [0.25, 0.3) is 11.8 Å². The van der Waals surface area contributed by atoms with Gasteiger partial charge in [-0.05, 0) is 55.9 Å². The zero-order valence-corrected chi connectivity index (χ0v) is 19.9. The normalized spacial score (nSPS) is 18.3. The Hall–Kier alpha value is -3.92. The zero-order chi connectivity index (χ0) is 24.9. The van der Waals surface area contributed by atoms with Crippen molar-refractivity contribution in [2.24, 2.45) is 5.73 Å². The predicted octanol–water partition coefficient (Wildman–Crippen LogP) is 1.19. The van der Waals surface area contributed by atoms with Crippen LogP contribution in [0.25, 0.3) is 0 Å². The highest BCUT2D eigenvalue weighted by Crippen LogP contribution is 2.25. The number of piperazine rings is 1. The first kappa shape index (κ1) is 24.2. The third-order valence-electron chi connectivity index (χ3n) is 6.38. The van der Waals surface area contributed by atoms with Gasteiger partial charge in [-0.15, -0.1) is 0 Å². The van der Waals surface area contributed by atoms with Crippen molar-refractivity contribution in [2.75, 3.05) is 56.5 Å². The molecule has 0 bridgehead atoms. The molecule has 0 spiro atoms. The van der Waals surface area contributed by atoms with Crippen LogP contribution in [0.15, 0.2) is 49.1 Å². The van der Waals surface area contributed by atoms with Crippen molar-refractivity contribution in [1.29, 1.82) is 0 Å². The number of nitrogens with zero attached hydrogens (tertiary/aromatic N) is 4. The topological polar surface area (TPSA) is 124 Å². The Bertz CT molecular complexity index is 1110. The van der Waals surface area contributed by atoms with Crippen LogP contribution >= 0.6 is 0 Å². The lowest BCUT2D eigenvalue weighted by molar-refractivity contribution is -0.117. The number of rotatable bonds is 7. The van der Waals surface area contributed by atoms with Gasteiger partial charge in [-0.25, -0.2) is 4.98 Å². The summed E-state index contributed by atoms with van der Waals surface area (Å²) in [5.74, 6) is 0.230. The Morgan fingerprint density at radius 1 is 1.06 bits per heavy atom. The summed E-state index contributed by atoms with van der Waals surface area (Å²) in [7, 11) is 2.05. The van der Waals surface area contributed by atoms with Crippen molar-refractivity contribution in [3.8, 4) is 0 Å². The van der Waals surface area contributed by atoms with Gasteiger partial charge in [0.2, 0.25) is 5.91 Å². The molecule has 2 aliphatic rings. The van der Waals surface area contributed by atoms with Gasteiger partial charge in [-0.3, -0.25) is 14.4 Å². The van der Waals surface area contributed by atoms with Crippen molar-refractivity contribution in [2.45, 2.75) is 12.5 Å². The third-order valence-corrected chi connectivity index (χ3v) is 6.38. The van der Waals surface area contributed by atoms with Gasteiger partial charge < -0.3 is 31.1 Å². The minimum absolute atomic E-state index is 0.0000827. The summed E-state index contributed by atoms with van der Waals surface area (Å²) in [5.41, 5.74) is 7.14. The number of nitrogens with one attached hydrogen (secondary N) is 2. The number of anilines is 3. The van der Waals surface area contributed by atoms with E-state index in [0.717, 1.165) is 19.5 Å². The quantitative estimate of drug-likeness (QED) is 0.512. The lowest BCUT2D eigenvalue weighted by atomic mass is 10.1. The highest BCUT2D eigenvalue weighted by atomic mass is 16.2. The summed E-state index contributed by atoms with van der Waals surface area (Å²) in [6.07, 6.45) is 2.04. The summed E-state index contributed by atoms with van der Waals surface area (Å²) in [6.45, 7) is 7.95. The fourth-order valence-electron chi connectivity index (χ4n) is 4.29. The first-order valence-electron chi connectivity index (χ1n) is 11.7. The highest BCUT2D eigenvalue weighted by molar-refractivity contribution is 5.99. The van der Waals surface area contributed by atoms with E-state index in [-0.39, 0.29) is 23.4 Å². The molecule has 10 nitrogen and oxygen atoms in total. The number of hydrogen-bond donors (Lipinski definition) is 3. The molecular weight excluding hydrogens is 446 g/mol. The van der Waals surface area contributed by atoms with Crippen LogP contribution in [0.5, 0.6) is 0 Å². The Morgan fingerprint density at radius 3 is 2.43 bits per heavy atom. The van der Waals surface area contributed by atoms with E-state index in [4.69, 9.17) is 5.73 Å². The minimum Gasteiger partial charge on any atom is -0.365 e. The van der Waals surface area contributed by atoms with Crippen molar-refractivity contribution < 1.29 is 14.4 Å². The third kappa shape index (κ3) is 5.78. The second-order valence-electron chi connectivity index (χ2n) is 8.87. The number of primary amides is 1. The van der Waals surface area contributed by atoms with E-state index in [0.29, 0.717) is 49.1 Å². The summed E-state index contributed by atoms with van der Waals surface area (Å²) in [5, 5.41) is 6.07. The summed E-state index contributed by atoms with van der Waals surface area (Å²) >= 11 is 0. The molecule has 2 saturated heterocycles. The van der Waals surface area contributed by atoms with Gasteiger partial charge in [0.05, 0.1) is 5.56 Å². The monoisotopic (exact) mass is 477 g/mol. The molecule has 1 aromatic carbocycles. The molecule has 1 unspecified atom stereocenters. The van der Waals surface area contributed by atoms with Crippen LogP contribution < -0.4 is 21.3 Å². The SMILES string of the molecule is C=CC(=O)NC1CCN(c2ccc(C(N)=O)c(Nc3ccc(C(=O)N4CCN(C)CC4)cc3)n2)C1. The van der Waals surface area contributed by atoms with Crippen LogP contribution in [0.1, 0.15) is 27.1 Å². The molecule has 0 aliphatic carbocycles. The van der Waals surface area contributed by atoms with E-state index in [9.17, 15) is 14.4 Å². The first-order chi connectivity index (χ1) is 16.8. The van der Waals surface area contributed by atoms with E-state index in [2.05, 4.69) is 34.1 Å². The maximum atomic E-state index is 12.8. The van der Waals surface area contributed by atoms with Gasteiger partial charge >= 0.3 is 0 Å². The van der Waals surface area contributed by atoms with Crippen LogP contribution in [0, 0.1) is 0 Å². The number of carbonyl (C=O) groups is 3. The summed E-state index contributed by atoms with van der Waals surface area (Å²) in [6, 6.07) is 10.5. The van der Waals surface area contributed by atoms with E-state index < -0.39 is 5.91 Å². The van der Waals surface area contributed by atoms with Gasteiger partial charge in [0, 0.05) is 56.6 Å². The molecule has 4 N–H and O–H groups in total. The zero-order valence-electron chi connectivity index (χ0n) is 19.9. The fourth-order valence-corrected chi connectivity index (χ4v) is 4.29. The highest BCUT2D eigenvalue weighted by Gasteiger charge is 2.25. The Morgan fingerprint density at radius 2 is 1.77 bits per heavy atom. The van der Waals surface area contributed by atoms with Crippen molar-refractivity contribution in [3.63, 3.8) is 0 Å². The molecular formula is C25H31N7O3. The molecule has 3 heterocycles. The van der Waals surface area contributed by atoms with Gasteiger partial charge in [0.1, 0.15) is 11.6 Å². The average Bonchev–Trinajstić information content (AvgIpc) is 3.32. The minimum atomic E-state index is -0.592.